The van der Waals surface area contributed by atoms with Crippen LogP contribution in [0.1, 0.15) is 17.5 Å². The lowest BCUT2D eigenvalue weighted by Gasteiger charge is -2.28. The second-order valence-corrected chi connectivity index (χ2v) is 5.62. The van der Waals surface area contributed by atoms with E-state index in [1.165, 1.54) is 0 Å². The van der Waals surface area contributed by atoms with Gasteiger partial charge in [0.15, 0.2) is 16.7 Å². The fraction of sp³-hybridized carbons (Fsp3) is 0.385. The summed E-state index contributed by atoms with van der Waals surface area (Å²) >= 11 is 1.58. The highest BCUT2D eigenvalue weighted by molar-refractivity contribution is 8.15. The van der Waals surface area contributed by atoms with Crippen LogP contribution in [0.15, 0.2) is 22.3 Å². The molecule has 5 nitrogen and oxygen atoms in total. The number of hydrogen-bond acceptors (Lipinski definition) is 6. The molecule has 1 atom stereocenters. The summed E-state index contributed by atoms with van der Waals surface area (Å²) in [5.41, 5.74) is 8.95. The Kier molecular flexibility index (Phi) is 3.10. The number of rotatable bonds is 2. The van der Waals surface area contributed by atoms with Crippen molar-refractivity contribution in [3.63, 3.8) is 0 Å². The maximum atomic E-state index is 5.72. The molecule has 1 aliphatic carbocycles. The van der Waals surface area contributed by atoms with Gasteiger partial charge in [-0.05, 0) is 25.0 Å². The number of nitrogens with two attached hydrogens (primary N) is 1. The molecule has 0 amide bonds. The molecule has 1 aromatic carbocycles. The van der Waals surface area contributed by atoms with Gasteiger partial charge in [0.25, 0.3) is 0 Å². The number of fused-ring (bicyclic) bond motifs is 3. The van der Waals surface area contributed by atoms with E-state index in [9.17, 15) is 0 Å². The number of hydrogen-bond donors (Lipinski definition) is 1. The Morgan fingerprint density at radius 1 is 1.26 bits per heavy atom. The van der Waals surface area contributed by atoms with Crippen molar-refractivity contribution in [2.24, 2.45) is 15.9 Å². The van der Waals surface area contributed by atoms with E-state index < -0.39 is 0 Å². The Balaban J connectivity index is 2.14. The van der Waals surface area contributed by atoms with Crippen LogP contribution >= 0.6 is 11.8 Å². The first-order valence-corrected chi connectivity index (χ1v) is 6.94. The summed E-state index contributed by atoms with van der Waals surface area (Å²) in [4.78, 5) is 0. The zero-order valence-electron chi connectivity index (χ0n) is 10.8. The van der Waals surface area contributed by atoms with Crippen LogP contribution in [0.2, 0.25) is 0 Å². The molecule has 0 aromatic heterocycles. The van der Waals surface area contributed by atoms with Crippen molar-refractivity contribution in [1.82, 2.24) is 0 Å². The quantitative estimate of drug-likeness (QED) is 0.894. The molecule has 100 valence electrons. The number of benzene rings is 1. The topological polar surface area (TPSA) is 69.2 Å². The Labute approximate surface area is 115 Å². The van der Waals surface area contributed by atoms with Gasteiger partial charge in [-0.3, -0.25) is 0 Å². The summed E-state index contributed by atoms with van der Waals surface area (Å²) < 4.78 is 10.8. The predicted molar refractivity (Wildman–Crippen MR) is 77.4 cm³/mol. The van der Waals surface area contributed by atoms with Crippen molar-refractivity contribution in [3.05, 3.63) is 23.3 Å². The second-order valence-electron chi connectivity index (χ2n) is 4.40. The van der Waals surface area contributed by atoms with Gasteiger partial charge in [0.05, 0.1) is 25.2 Å². The van der Waals surface area contributed by atoms with Gasteiger partial charge >= 0.3 is 0 Å². The molecule has 0 saturated heterocycles. The second kappa shape index (κ2) is 4.77. The highest BCUT2D eigenvalue weighted by Crippen LogP contribution is 2.40. The predicted octanol–water partition coefficient (Wildman–Crippen LogP) is 1.78. The molecule has 1 heterocycles. The zero-order valence-corrected chi connectivity index (χ0v) is 11.7. The summed E-state index contributed by atoms with van der Waals surface area (Å²) in [5.74, 6) is 1.56. The third-order valence-electron chi connectivity index (χ3n) is 3.41. The summed E-state index contributed by atoms with van der Waals surface area (Å²) in [6, 6.07) is 3.94. The smallest absolute Gasteiger partial charge is 0.181 e. The average Bonchev–Trinajstić information content (AvgIpc) is 2.45. The standard InChI is InChI=1S/C13H15N3O2S/c1-17-9-5-3-7-8(12(9)18-2)4-6-10-11(7)15-16-13(14)19-10/h3,5,10H,4,6H2,1-2H3,(H2,14,16). The van der Waals surface area contributed by atoms with Crippen LogP contribution in [0.25, 0.3) is 0 Å². The van der Waals surface area contributed by atoms with Crippen LogP contribution in [0.3, 0.4) is 0 Å². The molecule has 0 spiro atoms. The van der Waals surface area contributed by atoms with Crippen LogP contribution in [-0.4, -0.2) is 30.3 Å². The third-order valence-corrected chi connectivity index (χ3v) is 4.47. The van der Waals surface area contributed by atoms with E-state index in [2.05, 4.69) is 10.2 Å². The molecule has 0 bridgehead atoms. The van der Waals surface area contributed by atoms with Crippen molar-refractivity contribution < 1.29 is 9.47 Å². The van der Waals surface area contributed by atoms with Gasteiger partial charge in [-0.2, -0.15) is 5.10 Å². The van der Waals surface area contributed by atoms with Crippen molar-refractivity contribution in [2.45, 2.75) is 18.1 Å². The maximum Gasteiger partial charge on any atom is 0.181 e. The number of methoxy groups -OCH3 is 2. The van der Waals surface area contributed by atoms with E-state index in [1.54, 1.807) is 26.0 Å². The molecule has 0 fully saturated rings. The van der Waals surface area contributed by atoms with Crippen LogP contribution in [0.5, 0.6) is 11.5 Å². The van der Waals surface area contributed by atoms with Crippen LogP contribution < -0.4 is 15.2 Å². The fourth-order valence-electron chi connectivity index (χ4n) is 2.57. The van der Waals surface area contributed by atoms with Gasteiger partial charge in [0.2, 0.25) is 0 Å². The molecule has 0 saturated carbocycles. The molecule has 2 N–H and O–H groups in total. The largest absolute Gasteiger partial charge is 0.493 e. The molecule has 1 unspecified atom stereocenters. The van der Waals surface area contributed by atoms with E-state index >= 15 is 0 Å². The van der Waals surface area contributed by atoms with Gasteiger partial charge in [0.1, 0.15) is 0 Å². The van der Waals surface area contributed by atoms with E-state index in [4.69, 9.17) is 15.2 Å². The molecular weight excluding hydrogens is 262 g/mol. The number of ether oxygens (including phenoxy) is 2. The maximum absolute atomic E-state index is 5.72. The van der Waals surface area contributed by atoms with Gasteiger partial charge < -0.3 is 15.2 Å². The van der Waals surface area contributed by atoms with Gasteiger partial charge in [-0.1, -0.05) is 11.8 Å². The van der Waals surface area contributed by atoms with E-state index in [0.717, 1.165) is 41.2 Å². The molecular formula is C13H15N3O2S. The third kappa shape index (κ3) is 1.96. The lowest BCUT2D eigenvalue weighted by Crippen LogP contribution is -2.31. The lowest BCUT2D eigenvalue weighted by molar-refractivity contribution is 0.351. The zero-order chi connectivity index (χ0) is 13.4. The fourth-order valence-corrected chi connectivity index (χ4v) is 3.47. The van der Waals surface area contributed by atoms with Crippen molar-refractivity contribution >= 4 is 22.6 Å². The monoisotopic (exact) mass is 277 g/mol. The minimum atomic E-state index is 0.295. The van der Waals surface area contributed by atoms with Crippen molar-refractivity contribution in [2.75, 3.05) is 14.2 Å². The van der Waals surface area contributed by atoms with Crippen molar-refractivity contribution in [1.29, 1.82) is 0 Å². The number of amidine groups is 1. The summed E-state index contributed by atoms with van der Waals surface area (Å²) in [5, 5.41) is 9.09. The Morgan fingerprint density at radius 2 is 2.11 bits per heavy atom. The van der Waals surface area contributed by atoms with Crippen LogP contribution in [0, 0.1) is 0 Å². The summed E-state index contributed by atoms with van der Waals surface area (Å²) in [7, 11) is 3.31. The lowest BCUT2D eigenvalue weighted by atomic mass is 9.88. The minimum Gasteiger partial charge on any atom is -0.493 e. The number of thioether (sulfide) groups is 1. The average molecular weight is 277 g/mol. The van der Waals surface area contributed by atoms with E-state index in [0.29, 0.717) is 10.4 Å². The molecule has 1 aliphatic heterocycles. The normalized spacial score (nSPS) is 20.8. The van der Waals surface area contributed by atoms with E-state index in [-0.39, 0.29) is 0 Å². The molecule has 0 radical (unpaired) electrons. The number of nitrogens with zero attached hydrogens (tertiary/aromatic N) is 2. The molecule has 3 rings (SSSR count). The Morgan fingerprint density at radius 3 is 2.84 bits per heavy atom. The molecule has 6 heteroatoms. The highest BCUT2D eigenvalue weighted by atomic mass is 32.2. The Bertz CT molecular complexity index is 583. The first kappa shape index (κ1) is 12.3. The summed E-state index contributed by atoms with van der Waals surface area (Å²) in [6.07, 6.45) is 1.91. The van der Waals surface area contributed by atoms with Gasteiger partial charge in [-0.25, -0.2) is 0 Å². The van der Waals surface area contributed by atoms with Crippen LogP contribution in [-0.2, 0) is 6.42 Å². The first-order valence-electron chi connectivity index (χ1n) is 6.06. The van der Waals surface area contributed by atoms with Crippen molar-refractivity contribution in [3.8, 4) is 11.5 Å². The molecule has 1 aromatic rings. The van der Waals surface area contributed by atoms with Crippen LogP contribution in [0.4, 0.5) is 0 Å². The van der Waals surface area contributed by atoms with Gasteiger partial charge in [-0.15, -0.1) is 5.10 Å². The van der Waals surface area contributed by atoms with Gasteiger partial charge in [0, 0.05) is 11.1 Å². The highest BCUT2D eigenvalue weighted by Gasteiger charge is 2.32. The van der Waals surface area contributed by atoms with E-state index in [1.807, 2.05) is 12.1 Å². The Hall–Kier alpha value is -1.69. The molecule has 19 heavy (non-hydrogen) atoms. The first-order chi connectivity index (χ1) is 9.24. The molecule has 2 aliphatic rings. The minimum absolute atomic E-state index is 0.295. The summed E-state index contributed by atoms with van der Waals surface area (Å²) in [6.45, 7) is 0. The SMILES string of the molecule is COc1ccc2c(c1OC)CCC1SC(N)=NN=C21.